The minimum atomic E-state index is -0.410. The van der Waals surface area contributed by atoms with Gasteiger partial charge in [-0.05, 0) is 24.6 Å². The lowest BCUT2D eigenvalue weighted by Gasteiger charge is -2.04. The van der Waals surface area contributed by atoms with Crippen LogP contribution < -0.4 is 0 Å². The molecular formula is C15H13ClN4O3. The minimum Gasteiger partial charge on any atom is -0.507 e. The Morgan fingerprint density at radius 1 is 1.35 bits per heavy atom. The normalized spacial score (nSPS) is 11.0. The van der Waals surface area contributed by atoms with Crippen LogP contribution in [0.5, 0.6) is 5.75 Å². The van der Waals surface area contributed by atoms with Crippen molar-refractivity contribution in [3.05, 3.63) is 52.6 Å². The second-order valence-electron chi connectivity index (χ2n) is 4.93. The second-order valence-corrected chi connectivity index (χ2v) is 5.37. The summed E-state index contributed by atoms with van der Waals surface area (Å²) in [7, 11) is 0. The van der Waals surface area contributed by atoms with E-state index in [-0.39, 0.29) is 23.5 Å². The zero-order valence-electron chi connectivity index (χ0n) is 12.0. The fraction of sp³-hybridized carbons (Fsp3) is 0.200. The van der Waals surface area contributed by atoms with Crippen LogP contribution in [0.25, 0.3) is 5.78 Å². The molecule has 1 aromatic carbocycles. The fourth-order valence-electron chi connectivity index (χ4n) is 2.13. The van der Waals surface area contributed by atoms with Crippen molar-refractivity contribution in [3.63, 3.8) is 0 Å². The van der Waals surface area contributed by atoms with Gasteiger partial charge in [0.2, 0.25) is 0 Å². The number of aliphatic hydroxyl groups excluding tert-OH is 1. The molecule has 0 spiro atoms. The van der Waals surface area contributed by atoms with Crippen LogP contribution in [0.15, 0.2) is 30.6 Å². The topological polar surface area (TPSA) is 101 Å². The van der Waals surface area contributed by atoms with Gasteiger partial charge in [0.05, 0.1) is 11.1 Å². The number of halogens is 1. The Bertz CT molecular complexity index is 878. The maximum atomic E-state index is 12.5. The third kappa shape index (κ3) is 3.15. The number of aromatic hydroxyl groups is 1. The monoisotopic (exact) mass is 332 g/mol. The van der Waals surface area contributed by atoms with Crippen LogP contribution in [0.3, 0.4) is 0 Å². The number of carbonyl (C=O) groups excluding carboxylic acids is 1. The predicted octanol–water partition coefficient (Wildman–Crippen LogP) is 1.64. The van der Waals surface area contributed by atoms with Gasteiger partial charge < -0.3 is 10.2 Å². The van der Waals surface area contributed by atoms with Crippen LogP contribution in [0.2, 0.25) is 5.02 Å². The number of carbonyl (C=O) groups is 1. The average molecular weight is 333 g/mol. The van der Waals surface area contributed by atoms with E-state index in [0.29, 0.717) is 29.5 Å². The predicted molar refractivity (Wildman–Crippen MR) is 82.7 cm³/mol. The molecule has 0 atom stereocenters. The largest absolute Gasteiger partial charge is 0.507 e. The molecule has 2 N–H and O–H groups in total. The van der Waals surface area contributed by atoms with Crippen molar-refractivity contribution in [1.82, 2.24) is 19.6 Å². The molecule has 2 aromatic heterocycles. The number of aromatic nitrogens is 4. The molecule has 118 valence electrons. The maximum absolute atomic E-state index is 12.5. The quantitative estimate of drug-likeness (QED) is 0.689. The number of hydrogen-bond donors (Lipinski definition) is 2. The molecule has 0 aliphatic carbocycles. The Morgan fingerprint density at radius 3 is 2.96 bits per heavy atom. The van der Waals surface area contributed by atoms with E-state index in [1.54, 1.807) is 0 Å². The number of ketones is 1. The lowest BCUT2D eigenvalue weighted by Crippen LogP contribution is -2.05. The summed E-state index contributed by atoms with van der Waals surface area (Å²) in [5.41, 5.74) is 0.355. The first kappa shape index (κ1) is 15.4. The van der Waals surface area contributed by atoms with Crippen molar-refractivity contribution in [2.24, 2.45) is 0 Å². The highest BCUT2D eigenvalue weighted by atomic mass is 35.5. The first-order chi connectivity index (χ1) is 11.1. The highest BCUT2D eigenvalue weighted by Gasteiger charge is 2.16. The highest BCUT2D eigenvalue weighted by molar-refractivity contribution is 6.31. The third-order valence-electron chi connectivity index (χ3n) is 3.26. The molecule has 23 heavy (non-hydrogen) atoms. The number of phenolic OH excluding ortho intramolecular Hbond substituents is 1. The van der Waals surface area contributed by atoms with Gasteiger partial charge in [-0.1, -0.05) is 11.6 Å². The standard InChI is InChI=1S/C15H13ClN4O3/c16-10-3-4-12(22)11(6-10)14(23)9-7-17-15-18-13(2-1-5-21)19-20(15)8-9/h3-4,6-8,21-22H,1-2,5H2. The van der Waals surface area contributed by atoms with E-state index in [9.17, 15) is 9.90 Å². The van der Waals surface area contributed by atoms with Crippen LogP contribution in [0.1, 0.15) is 28.2 Å². The van der Waals surface area contributed by atoms with E-state index < -0.39 is 5.78 Å². The Balaban J connectivity index is 1.96. The van der Waals surface area contributed by atoms with Crippen LogP contribution >= 0.6 is 11.6 Å². The van der Waals surface area contributed by atoms with E-state index in [2.05, 4.69) is 15.1 Å². The maximum Gasteiger partial charge on any atom is 0.252 e. The van der Waals surface area contributed by atoms with Crippen LogP contribution in [-0.2, 0) is 6.42 Å². The molecule has 0 radical (unpaired) electrons. The van der Waals surface area contributed by atoms with Crippen LogP contribution in [-0.4, -0.2) is 42.2 Å². The van der Waals surface area contributed by atoms with E-state index in [1.165, 1.54) is 35.1 Å². The number of aryl methyl sites for hydroxylation is 1. The van der Waals surface area contributed by atoms with E-state index in [4.69, 9.17) is 16.7 Å². The number of nitrogens with zero attached hydrogens (tertiary/aromatic N) is 4. The zero-order valence-corrected chi connectivity index (χ0v) is 12.7. The van der Waals surface area contributed by atoms with Gasteiger partial charge in [0.15, 0.2) is 11.6 Å². The summed E-state index contributed by atoms with van der Waals surface area (Å²) in [5, 5.41) is 23.2. The van der Waals surface area contributed by atoms with Gasteiger partial charge in [-0.3, -0.25) is 4.79 Å². The van der Waals surface area contributed by atoms with Crippen molar-refractivity contribution in [3.8, 4) is 5.75 Å². The van der Waals surface area contributed by atoms with Crippen molar-refractivity contribution in [1.29, 1.82) is 0 Å². The first-order valence-electron chi connectivity index (χ1n) is 6.94. The van der Waals surface area contributed by atoms with Gasteiger partial charge in [0, 0.05) is 30.4 Å². The highest BCUT2D eigenvalue weighted by Crippen LogP contribution is 2.24. The molecule has 0 fully saturated rings. The van der Waals surface area contributed by atoms with Crippen molar-refractivity contribution in [2.75, 3.05) is 6.61 Å². The van der Waals surface area contributed by atoms with Gasteiger partial charge in [-0.2, -0.15) is 4.98 Å². The van der Waals surface area contributed by atoms with Gasteiger partial charge in [0.1, 0.15) is 5.75 Å². The Hall–Kier alpha value is -2.51. The molecule has 8 heteroatoms. The number of benzene rings is 1. The lowest BCUT2D eigenvalue weighted by molar-refractivity contribution is 0.103. The Kier molecular flexibility index (Phi) is 4.22. The van der Waals surface area contributed by atoms with Crippen LogP contribution in [0, 0.1) is 0 Å². The lowest BCUT2D eigenvalue weighted by atomic mass is 10.1. The van der Waals surface area contributed by atoms with Gasteiger partial charge >= 0.3 is 0 Å². The Morgan fingerprint density at radius 2 is 2.17 bits per heavy atom. The summed E-state index contributed by atoms with van der Waals surface area (Å²) >= 11 is 5.87. The minimum absolute atomic E-state index is 0.0563. The fourth-order valence-corrected chi connectivity index (χ4v) is 2.30. The summed E-state index contributed by atoms with van der Waals surface area (Å²) < 4.78 is 1.40. The summed E-state index contributed by atoms with van der Waals surface area (Å²) in [6.07, 6.45) is 3.96. The van der Waals surface area contributed by atoms with Gasteiger partial charge in [0.25, 0.3) is 5.78 Å². The zero-order chi connectivity index (χ0) is 16.4. The molecule has 0 saturated heterocycles. The molecule has 7 nitrogen and oxygen atoms in total. The van der Waals surface area contributed by atoms with E-state index in [0.717, 1.165) is 0 Å². The number of hydrogen-bond acceptors (Lipinski definition) is 6. The smallest absolute Gasteiger partial charge is 0.252 e. The summed E-state index contributed by atoms with van der Waals surface area (Å²) in [4.78, 5) is 20.8. The molecular weight excluding hydrogens is 320 g/mol. The van der Waals surface area contributed by atoms with Crippen LogP contribution in [0.4, 0.5) is 0 Å². The number of rotatable bonds is 5. The van der Waals surface area contributed by atoms with Gasteiger partial charge in [-0.15, -0.1) is 5.10 Å². The van der Waals surface area contributed by atoms with Crippen molar-refractivity contribution < 1.29 is 15.0 Å². The SMILES string of the molecule is O=C(c1cnc2nc(CCCO)nn2c1)c1cc(Cl)ccc1O. The number of phenols is 1. The third-order valence-corrected chi connectivity index (χ3v) is 3.50. The summed E-state index contributed by atoms with van der Waals surface area (Å²) in [5.74, 6) is 0.347. The molecule has 3 aromatic rings. The second kappa shape index (κ2) is 6.31. The summed E-state index contributed by atoms with van der Waals surface area (Å²) in [6.45, 7) is 0.0563. The van der Waals surface area contributed by atoms with E-state index >= 15 is 0 Å². The molecule has 0 saturated carbocycles. The van der Waals surface area contributed by atoms with Crippen molar-refractivity contribution >= 4 is 23.2 Å². The van der Waals surface area contributed by atoms with Gasteiger partial charge in [-0.25, -0.2) is 9.50 Å². The number of fused-ring (bicyclic) bond motifs is 1. The summed E-state index contributed by atoms with van der Waals surface area (Å²) in [6, 6.07) is 4.27. The Labute approximate surface area is 136 Å². The molecule has 3 rings (SSSR count). The molecule has 0 bridgehead atoms. The number of aliphatic hydroxyl groups is 1. The molecule has 0 aliphatic rings. The molecule has 2 heterocycles. The molecule has 0 aliphatic heterocycles. The van der Waals surface area contributed by atoms with Crippen molar-refractivity contribution in [2.45, 2.75) is 12.8 Å². The van der Waals surface area contributed by atoms with E-state index in [1.807, 2.05) is 0 Å². The average Bonchev–Trinajstić information content (AvgIpc) is 2.96. The molecule has 0 amide bonds. The molecule has 0 unspecified atom stereocenters. The first-order valence-corrected chi connectivity index (χ1v) is 7.31.